The number of aromatic nitrogens is 3. The number of nitrogens with zero attached hydrogens (tertiary/aromatic N) is 3. The van der Waals surface area contributed by atoms with Crippen molar-refractivity contribution < 1.29 is 45.3 Å². The second-order valence-corrected chi connectivity index (χ2v) is 8.96. The molecule has 0 spiro atoms. The van der Waals surface area contributed by atoms with Crippen molar-refractivity contribution in [2.24, 2.45) is 0 Å². The van der Waals surface area contributed by atoms with Gasteiger partial charge in [-0.25, -0.2) is 9.48 Å². The van der Waals surface area contributed by atoms with Crippen molar-refractivity contribution in [2.75, 3.05) is 25.1 Å². The van der Waals surface area contributed by atoms with Crippen LogP contribution >= 0.6 is 0 Å². The first-order valence-corrected chi connectivity index (χ1v) is 12.8. The van der Waals surface area contributed by atoms with E-state index in [0.29, 0.717) is 20.7 Å². The van der Waals surface area contributed by atoms with Crippen LogP contribution in [0.5, 0.6) is 11.5 Å². The van der Waals surface area contributed by atoms with Gasteiger partial charge < -0.3 is 19.5 Å². The van der Waals surface area contributed by atoms with Gasteiger partial charge in [-0.05, 0) is 44.0 Å². The predicted octanol–water partition coefficient (Wildman–Crippen LogP) is 4.30. The molecule has 1 heterocycles. The smallest absolute Gasteiger partial charge is 0.389 e. The maximum atomic E-state index is 12.7. The van der Waals surface area contributed by atoms with Crippen LogP contribution in [0, 0.1) is 0 Å². The molecule has 0 saturated heterocycles. The van der Waals surface area contributed by atoms with Gasteiger partial charge in [0.25, 0.3) is 5.56 Å². The maximum absolute atomic E-state index is 12.7. The minimum atomic E-state index is -4.51. The molecule has 1 atom stereocenters. The zero-order valence-electron chi connectivity index (χ0n) is 22.5. The Morgan fingerprint density at radius 3 is 2.15 bits per heavy atom. The number of carbonyl (C=O) groups is 1. The van der Waals surface area contributed by atoms with Crippen molar-refractivity contribution in [1.29, 1.82) is 0 Å². The van der Waals surface area contributed by atoms with Gasteiger partial charge in [0.05, 0.1) is 6.54 Å². The number of halogens is 6. The number of rotatable bonds is 16. The minimum Gasteiger partial charge on any atom is -0.492 e. The van der Waals surface area contributed by atoms with E-state index in [0.717, 1.165) is 0 Å². The molecule has 41 heavy (non-hydrogen) atoms. The number of esters is 1. The third kappa shape index (κ3) is 12.6. The van der Waals surface area contributed by atoms with Crippen LogP contribution < -0.4 is 26.0 Å². The van der Waals surface area contributed by atoms with Gasteiger partial charge >= 0.3 is 24.0 Å². The summed E-state index contributed by atoms with van der Waals surface area (Å²) >= 11 is 0. The lowest BCUT2D eigenvalue weighted by Gasteiger charge is -2.15. The average molecular weight is 599 g/mol. The zero-order valence-corrected chi connectivity index (χ0v) is 22.5. The number of nitrogens with one attached hydrogen (secondary N) is 1. The number of anilines is 1. The highest BCUT2D eigenvalue weighted by atomic mass is 19.4. The predicted molar refractivity (Wildman–Crippen MR) is 135 cm³/mol. The first-order chi connectivity index (χ1) is 19.2. The SMILES string of the molecule is CCC(=O)OCC(C)Oc1ccc(OCCNc2nn(CCCC(F)(F)F)c(=O)n(CCCC(F)(F)F)c2=O)cc1. The molecule has 2 rings (SSSR count). The number of ether oxygens (including phenoxy) is 3. The molecular weight excluding hydrogens is 566 g/mol. The van der Waals surface area contributed by atoms with Gasteiger partial charge in [0.15, 0.2) is 0 Å². The molecule has 1 aromatic carbocycles. The number of aryl methyl sites for hydroxylation is 1. The molecule has 0 aliphatic carbocycles. The van der Waals surface area contributed by atoms with Crippen LogP contribution in [0.1, 0.15) is 46.0 Å². The molecule has 16 heteroatoms. The van der Waals surface area contributed by atoms with E-state index < -0.39 is 68.2 Å². The summed E-state index contributed by atoms with van der Waals surface area (Å²) in [6.45, 7) is 2.39. The van der Waals surface area contributed by atoms with Gasteiger partial charge in [-0.15, -0.1) is 5.10 Å². The van der Waals surface area contributed by atoms with Crippen molar-refractivity contribution in [2.45, 2.75) is 77.5 Å². The molecule has 230 valence electrons. The highest BCUT2D eigenvalue weighted by Crippen LogP contribution is 2.22. The summed E-state index contributed by atoms with van der Waals surface area (Å²) in [4.78, 5) is 36.5. The van der Waals surface area contributed by atoms with E-state index in [1.165, 1.54) is 0 Å². The Bertz CT molecular complexity index is 1230. The Kier molecular flexibility index (Phi) is 12.5. The van der Waals surface area contributed by atoms with Gasteiger partial charge in [0, 0.05) is 32.4 Å². The Morgan fingerprint density at radius 1 is 0.976 bits per heavy atom. The quantitative estimate of drug-likeness (QED) is 0.173. The molecule has 1 aromatic heterocycles. The van der Waals surface area contributed by atoms with E-state index in [1.54, 1.807) is 38.1 Å². The van der Waals surface area contributed by atoms with Crippen molar-refractivity contribution in [3.05, 3.63) is 45.1 Å². The second-order valence-electron chi connectivity index (χ2n) is 8.96. The topological polar surface area (TPSA) is 114 Å². The molecular formula is C25H32F6N4O6. The molecule has 0 aliphatic rings. The lowest BCUT2D eigenvalue weighted by Crippen LogP contribution is -2.43. The third-order valence-corrected chi connectivity index (χ3v) is 5.38. The Morgan fingerprint density at radius 2 is 1.56 bits per heavy atom. The largest absolute Gasteiger partial charge is 0.492 e. The van der Waals surface area contributed by atoms with E-state index in [4.69, 9.17) is 14.2 Å². The van der Waals surface area contributed by atoms with Crippen molar-refractivity contribution in [3.63, 3.8) is 0 Å². The molecule has 0 saturated carbocycles. The summed E-state index contributed by atoms with van der Waals surface area (Å²) < 4.78 is 92.6. The van der Waals surface area contributed by atoms with Crippen molar-refractivity contribution >= 4 is 11.8 Å². The standard InChI is InChI=1S/C25H32F6N4O6/c1-3-20(36)40-16-17(2)41-19-8-6-18(7-9-19)39-15-12-32-21-22(37)34(13-4-10-24(26,27)28)23(38)35(33-21)14-5-11-25(29,30)31/h6-9,17H,3-5,10-16H2,1-2H3,(H,32,33). The molecule has 1 N–H and O–H groups in total. The summed E-state index contributed by atoms with van der Waals surface area (Å²) in [5, 5.41) is 6.42. The summed E-state index contributed by atoms with van der Waals surface area (Å²) in [5.74, 6) is 0.180. The normalized spacial score (nSPS) is 12.6. The molecule has 0 aliphatic heterocycles. The van der Waals surface area contributed by atoms with Crippen molar-refractivity contribution in [3.8, 4) is 11.5 Å². The number of alkyl halides is 6. The lowest BCUT2D eigenvalue weighted by atomic mass is 10.3. The van der Waals surface area contributed by atoms with Crippen LogP contribution in [0.3, 0.4) is 0 Å². The summed E-state index contributed by atoms with van der Waals surface area (Å²) in [6.07, 6.45) is -12.7. The van der Waals surface area contributed by atoms with Gasteiger partial charge in [-0.2, -0.15) is 26.3 Å². The first-order valence-electron chi connectivity index (χ1n) is 12.8. The number of carbonyl (C=O) groups excluding carboxylic acids is 1. The average Bonchev–Trinajstić information content (AvgIpc) is 2.88. The fourth-order valence-electron chi connectivity index (χ4n) is 3.41. The van der Waals surface area contributed by atoms with E-state index in [9.17, 15) is 40.7 Å². The maximum Gasteiger partial charge on any atom is 0.389 e. The van der Waals surface area contributed by atoms with Crippen LogP contribution in [0.2, 0.25) is 0 Å². The van der Waals surface area contributed by atoms with E-state index >= 15 is 0 Å². The fraction of sp³-hybridized carbons (Fsp3) is 0.600. The van der Waals surface area contributed by atoms with Gasteiger partial charge in [0.2, 0.25) is 5.82 Å². The highest BCUT2D eigenvalue weighted by Gasteiger charge is 2.28. The van der Waals surface area contributed by atoms with Gasteiger partial charge in [-0.1, -0.05) is 6.92 Å². The molecule has 10 nitrogen and oxygen atoms in total. The van der Waals surface area contributed by atoms with Crippen LogP contribution in [0.4, 0.5) is 32.2 Å². The zero-order chi connectivity index (χ0) is 30.6. The van der Waals surface area contributed by atoms with Crippen molar-refractivity contribution in [1.82, 2.24) is 14.3 Å². The third-order valence-electron chi connectivity index (χ3n) is 5.38. The van der Waals surface area contributed by atoms with Crippen LogP contribution in [0.25, 0.3) is 0 Å². The summed E-state index contributed by atoms with van der Waals surface area (Å²) in [6, 6.07) is 6.46. The molecule has 0 amide bonds. The lowest BCUT2D eigenvalue weighted by molar-refractivity contribution is -0.145. The Labute approximate surface area is 231 Å². The van der Waals surface area contributed by atoms with Gasteiger partial charge in [0.1, 0.15) is 30.8 Å². The van der Waals surface area contributed by atoms with E-state index in [1.807, 2.05) is 0 Å². The van der Waals surface area contributed by atoms with Crippen LogP contribution in [-0.4, -0.2) is 58.5 Å². The van der Waals surface area contributed by atoms with E-state index in [2.05, 4.69) is 10.4 Å². The van der Waals surface area contributed by atoms with Gasteiger partial charge in [-0.3, -0.25) is 14.2 Å². The second kappa shape index (κ2) is 15.3. The molecule has 2 aromatic rings. The first kappa shape index (κ1) is 33.5. The monoisotopic (exact) mass is 598 g/mol. The molecule has 0 radical (unpaired) electrons. The Hall–Kier alpha value is -3.72. The Balaban J connectivity index is 2.00. The molecule has 1 unspecified atom stereocenters. The fourth-order valence-corrected chi connectivity index (χ4v) is 3.41. The minimum absolute atomic E-state index is 0.00797. The summed E-state index contributed by atoms with van der Waals surface area (Å²) in [7, 11) is 0. The highest BCUT2D eigenvalue weighted by molar-refractivity contribution is 5.68. The van der Waals surface area contributed by atoms with E-state index in [-0.39, 0.29) is 38.3 Å². The van der Waals surface area contributed by atoms with Crippen LogP contribution in [-0.2, 0) is 22.6 Å². The molecule has 0 bridgehead atoms. The number of hydrogen-bond donors (Lipinski definition) is 1. The summed E-state index contributed by atoms with van der Waals surface area (Å²) in [5.41, 5.74) is -2.09. The number of hydrogen-bond acceptors (Lipinski definition) is 8. The molecule has 0 fully saturated rings. The number of benzene rings is 1. The van der Waals surface area contributed by atoms with Crippen LogP contribution in [0.15, 0.2) is 33.9 Å².